The summed E-state index contributed by atoms with van der Waals surface area (Å²) in [7, 11) is -3.85. The Labute approximate surface area is 173 Å². The molecule has 8 nitrogen and oxygen atoms in total. The second kappa shape index (κ2) is 8.60. The van der Waals surface area contributed by atoms with Gasteiger partial charge < -0.3 is 9.84 Å². The molecule has 1 heterocycles. The van der Waals surface area contributed by atoms with Crippen molar-refractivity contribution >= 4 is 39.0 Å². The molecule has 0 saturated carbocycles. The third-order valence-corrected chi connectivity index (χ3v) is 5.18. The number of amides is 1. The largest absolute Gasteiger partial charge is 0.443 e. The third kappa shape index (κ3) is 5.40. The third-order valence-electron chi connectivity index (χ3n) is 3.61. The van der Waals surface area contributed by atoms with Crippen LogP contribution in [0, 0.1) is 5.82 Å². The molecule has 158 valence electrons. The Hall–Kier alpha value is -2.30. The number of aromatic nitrogens is 2. The van der Waals surface area contributed by atoms with Crippen molar-refractivity contribution in [3.05, 3.63) is 41.1 Å². The van der Waals surface area contributed by atoms with Gasteiger partial charge in [-0.25, -0.2) is 32.5 Å². The van der Waals surface area contributed by atoms with E-state index in [2.05, 4.69) is 9.97 Å². The second-order valence-electron chi connectivity index (χ2n) is 7.13. The van der Waals surface area contributed by atoms with Gasteiger partial charge in [0.25, 0.3) is 0 Å². The van der Waals surface area contributed by atoms with E-state index in [4.69, 9.17) is 16.3 Å². The van der Waals surface area contributed by atoms with Crippen molar-refractivity contribution in [2.24, 2.45) is 0 Å². The number of aliphatic hydroxyl groups is 1. The van der Waals surface area contributed by atoms with Crippen molar-refractivity contribution < 1.29 is 27.4 Å². The number of sulfone groups is 1. The van der Waals surface area contributed by atoms with E-state index in [1.807, 2.05) is 0 Å². The number of aliphatic hydroxyl groups excluding tert-OH is 1. The highest BCUT2D eigenvalue weighted by atomic mass is 35.5. The fourth-order valence-electron chi connectivity index (χ4n) is 2.53. The summed E-state index contributed by atoms with van der Waals surface area (Å²) in [5.41, 5.74) is -1.36. The fraction of sp³-hybridized carbons (Fsp3) is 0.389. The molecule has 2 aromatic rings. The van der Waals surface area contributed by atoms with Gasteiger partial charge in [-0.1, -0.05) is 11.6 Å². The summed E-state index contributed by atoms with van der Waals surface area (Å²) in [4.78, 5) is 21.0. The zero-order valence-electron chi connectivity index (χ0n) is 16.3. The first kappa shape index (κ1) is 23.0. The summed E-state index contributed by atoms with van der Waals surface area (Å²) in [6.07, 6.45) is 2.25. The molecule has 1 aromatic heterocycles. The molecule has 0 aliphatic rings. The van der Waals surface area contributed by atoms with Crippen LogP contribution in [0.5, 0.6) is 0 Å². The number of hydrogen-bond acceptors (Lipinski definition) is 7. The number of ether oxygens (including phenoxy) is 1. The molecule has 0 fully saturated rings. The van der Waals surface area contributed by atoms with Crippen LogP contribution in [0.2, 0.25) is 5.02 Å². The first-order valence-corrected chi connectivity index (χ1v) is 10.7. The van der Waals surface area contributed by atoms with Crippen molar-refractivity contribution in [1.29, 1.82) is 0 Å². The second-order valence-corrected chi connectivity index (χ2v) is 9.49. The first-order valence-electron chi connectivity index (χ1n) is 8.47. The Morgan fingerprint density at radius 1 is 1.38 bits per heavy atom. The minimum absolute atomic E-state index is 0.0179. The average molecular weight is 446 g/mol. The monoisotopic (exact) mass is 445 g/mol. The summed E-state index contributed by atoms with van der Waals surface area (Å²) in [6.45, 7) is 4.45. The minimum atomic E-state index is -3.85. The molecule has 0 aliphatic heterocycles. The highest BCUT2D eigenvalue weighted by Crippen LogP contribution is 2.40. The Morgan fingerprint density at radius 2 is 2.03 bits per heavy atom. The van der Waals surface area contributed by atoms with Crippen molar-refractivity contribution in [3.8, 4) is 0 Å². The van der Waals surface area contributed by atoms with E-state index >= 15 is 4.39 Å². The summed E-state index contributed by atoms with van der Waals surface area (Å²) in [6, 6.07) is 2.11. The van der Waals surface area contributed by atoms with Crippen LogP contribution < -0.4 is 4.90 Å². The Morgan fingerprint density at radius 3 is 2.52 bits per heavy atom. The summed E-state index contributed by atoms with van der Waals surface area (Å²) >= 11 is 6.36. The van der Waals surface area contributed by atoms with Gasteiger partial charge >= 0.3 is 6.09 Å². The van der Waals surface area contributed by atoms with E-state index in [1.165, 1.54) is 12.3 Å². The lowest BCUT2D eigenvalue weighted by Gasteiger charge is -2.28. The van der Waals surface area contributed by atoms with Gasteiger partial charge in [-0.15, -0.1) is 0 Å². The lowest BCUT2D eigenvalue weighted by atomic mass is 10.1. The smallest absolute Gasteiger partial charge is 0.420 e. The maximum Gasteiger partial charge on any atom is 0.420 e. The number of carbonyl (C=O) groups excluding carboxylic acids is 1. The maximum atomic E-state index is 15.1. The quantitative estimate of drug-likeness (QED) is 0.751. The number of carbonyl (C=O) groups is 1. The van der Waals surface area contributed by atoms with E-state index in [9.17, 15) is 18.3 Å². The number of hydrogen-bond donors (Lipinski definition) is 1. The van der Waals surface area contributed by atoms with Gasteiger partial charge in [0.15, 0.2) is 9.84 Å². The number of anilines is 2. The molecule has 0 unspecified atom stereocenters. The van der Waals surface area contributed by atoms with Crippen molar-refractivity contribution in [3.63, 3.8) is 0 Å². The van der Waals surface area contributed by atoms with Crippen molar-refractivity contribution in [2.75, 3.05) is 17.8 Å². The molecule has 0 bridgehead atoms. The predicted molar refractivity (Wildman–Crippen MR) is 106 cm³/mol. The summed E-state index contributed by atoms with van der Waals surface area (Å²) < 4.78 is 44.6. The topological polar surface area (TPSA) is 110 Å². The number of benzene rings is 1. The zero-order valence-corrected chi connectivity index (χ0v) is 17.9. The van der Waals surface area contributed by atoms with Gasteiger partial charge in [-0.05, 0) is 44.9 Å². The maximum absolute atomic E-state index is 15.1. The Kier molecular flexibility index (Phi) is 6.82. The number of nitrogens with zero attached hydrogens (tertiary/aromatic N) is 3. The van der Waals surface area contributed by atoms with E-state index < -0.39 is 39.6 Å². The van der Waals surface area contributed by atoms with Gasteiger partial charge in [0.05, 0.1) is 9.92 Å². The molecule has 2 rings (SSSR count). The molecule has 0 saturated heterocycles. The van der Waals surface area contributed by atoms with Crippen LogP contribution >= 0.6 is 11.6 Å². The normalized spacial score (nSPS) is 12.0. The number of rotatable bonds is 5. The lowest BCUT2D eigenvalue weighted by Crippen LogP contribution is -2.35. The molecular formula is C18H21ClFN3O5S. The molecule has 1 N–H and O–H groups in total. The van der Waals surface area contributed by atoms with Gasteiger partial charge in [0.2, 0.25) is 0 Å². The predicted octanol–water partition coefficient (Wildman–Crippen LogP) is 3.28. The molecular weight excluding hydrogens is 425 g/mol. The Balaban J connectivity index is 2.80. The van der Waals surface area contributed by atoms with Crippen LogP contribution in [-0.4, -0.2) is 48.0 Å². The number of halogens is 2. The standard InChI is InChI=1S/C18H21ClFN3O5S/c1-18(2,3)28-17(25)23(14-5-7-21-10-22-14)16-12(20)9-13(29(4,26)27)11(6-8-24)15(16)19/h5,7,9-10,24H,6,8H2,1-4H3. The van der Waals surface area contributed by atoms with Gasteiger partial charge in [0.1, 0.15) is 29.3 Å². The van der Waals surface area contributed by atoms with Gasteiger partial charge in [-0.3, -0.25) is 0 Å². The van der Waals surface area contributed by atoms with Gasteiger partial charge in [-0.2, -0.15) is 0 Å². The zero-order chi connectivity index (χ0) is 22.0. The first-order chi connectivity index (χ1) is 13.4. The van der Waals surface area contributed by atoms with Crippen LogP contribution in [-0.2, 0) is 21.0 Å². The van der Waals surface area contributed by atoms with E-state index in [0.29, 0.717) is 0 Å². The molecule has 29 heavy (non-hydrogen) atoms. The van der Waals surface area contributed by atoms with Crippen LogP contribution in [0.15, 0.2) is 29.6 Å². The lowest BCUT2D eigenvalue weighted by molar-refractivity contribution is 0.0597. The van der Waals surface area contributed by atoms with Crippen LogP contribution in [0.4, 0.5) is 20.7 Å². The SMILES string of the molecule is CC(C)(C)OC(=O)N(c1ccncn1)c1c(F)cc(S(C)(=O)=O)c(CCO)c1Cl. The van der Waals surface area contributed by atoms with E-state index in [-0.39, 0.29) is 27.7 Å². The molecule has 0 aliphatic carbocycles. The van der Waals surface area contributed by atoms with Crippen LogP contribution in [0.1, 0.15) is 26.3 Å². The molecule has 0 spiro atoms. The van der Waals surface area contributed by atoms with Crippen molar-refractivity contribution in [2.45, 2.75) is 37.7 Å². The highest BCUT2D eigenvalue weighted by molar-refractivity contribution is 7.90. The van der Waals surface area contributed by atoms with Crippen LogP contribution in [0.25, 0.3) is 0 Å². The fourth-order valence-corrected chi connectivity index (χ4v) is 3.93. The van der Waals surface area contributed by atoms with Crippen LogP contribution in [0.3, 0.4) is 0 Å². The Bertz CT molecular complexity index is 1010. The molecule has 1 aromatic carbocycles. The van der Waals surface area contributed by atoms with Crippen molar-refractivity contribution in [1.82, 2.24) is 9.97 Å². The molecule has 0 radical (unpaired) electrons. The summed E-state index contributed by atoms with van der Waals surface area (Å²) in [5.74, 6) is -1.10. The van der Waals surface area contributed by atoms with Gasteiger partial charge in [0, 0.05) is 19.1 Å². The molecule has 11 heteroatoms. The average Bonchev–Trinajstić information content (AvgIpc) is 2.59. The summed E-state index contributed by atoms with van der Waals surface area (Å²) in [5, 5.41) is 9.00. The molecule has 1 amide bonds. The van der Waals surface area contributed by atoms with E-state index in [1.54, 1.807) is 20.8 Å². The minimum Gasteiger partial charge on any atom is -0.443 e. The molecule has 0 atom stereocenters. The highest BCUT2D eigenvalue weighted by Gasteiger charge is 2.32. The van der Waals surface area contributed by atoms with E-state index in [0.717, 1.165) is 23.5 Å².